The highest BCUT2D eigenvalue weighted by Gasteiger charge is 2.03. The van der Waals surface area contributed by atoms with Crippen LogP contribution in [0.1, 0.15) is 328 Å². The predicted molar refractivity (Wildman–Crippen MR) is 249 cm³/mol. The molecule has 330 valence electrons. The van der Waals surface area contributed by atoms with Gasteiger partial charge in [-0.25, -0.2) is 0 Å². The Morgan fingerprint density at radius 1 is 0.236 bits per heavy atom. The minimum absolute atomic E-state index is 0.0344. The number of ether oxygens (including phenoxy) is 1. The summed E-state index contributed by atoms with van der Waals surface area (Å²) in [5.74, 6) is 0.0344. The number of hydrogen-bond acceptors (Lipinski definition) is 2. The largest absolute Gasteiger partial charge is 0.466 e. The van der Waals surface area contributed by atoms with Gasteiger partial charge in [-0.2, -0.15) is 0 Å². The second-order valence-electron chi connectivity index (χ2n) is 18.2. The van der Waals surface area contributed by atoms with Crippen LogP contribution >= 0.6 is 0 Å². The van der Waals surface area contributed by atoms with Crippen LogP contribution in [0.2, 0.25) is 0 Å². The quantitative estimate of drug-likeness (QED) is 0.0454. The lowest BCUT2D eigenvalue weighted by Crippen LogP contribution is -2.05. The van der Waals surface area contributed by atoms with Crippen molar-refractivity contribution in [3.8, 4) is 0 Å². The molecule has 2 nitrogen and oxygen atoms in total. The number of unbranched alkanes of at least 4 members (excludes halogenated alkanes) is 46. The van der Waals surface area contributed by atoms with E-state index in [2.05, 4.69) is 13.8 Å². The molecule has 0 heterocycles. The highest BCUT2D eigenvalue weighted by molar-refractivity contribution is 5.69. The predicted octanol–water partition coefficient (Wildman–Crippen LogP) is 19.7. The maximum absolute atomic E-state index is 12.1. The van der Waals surface area contributed by atoms with E-state index >= 15 is 0 Å². The smallest absolute Gasteiger partial charge is 0.305 e. The Hall–Kier alpha value is -0.530. The molecule has 0 aromatic carbocycles. The number of carbonyl (C=O) groups is 1. The molecule has 0 N–H and O–H groups in total. The van der Waals surface area contributed by atoms with Crippen molar-refractivity contribution in [1.82, 2.24) is 0 Å². The van der Waals surface area contributed by atoms with Crippen molar-refractivity contribution < 1.29 is 9.53 Å². The maximum atomic E-state index is 12.1. The molecule has 0 aromatic heterocycles. The van der Waals surface area contributed by atoms with Crippen LogP contribution in [0.25, 0.3) is 0 Å². The molecule has 0 atom stereocenters. The zero-order valence-corrected chi connectivity index (χ0v) is 38.7. The fourth-order valence-corrected chi connectivity index (χ4v) is 8.55. The maximum Gasteiger partial charge on any atom is 0.305 e. The van der Waals surface area contributed by atoms with Crippen LogP contribution in [-0.2, 0) is 9.53 Å². The third kappa shape index (κ3) is 51.5. The van der Waals surface area contributed by atoms with Gasteiger partial charge in [0.2, 0.25) is 0 Å². The van der Waals surface area contributed by atoms with E-state index in [1.54, 1.807) is 0 Å². The first-order valence-electron chi connectivity index (χ1n) is 26.5. The van der Waals surface area contributed by atoms with Gasteiger partial charge >= 0.3 is 5.97 Å². The van der Waals surface area contributed by atoms with E-state index in [1.165, 1.54) is 295 Å². The molecule has 0 saturated heterocycles. The van der Waals surface area contributed by atoms with Crippen molar-refractivity contribution >= 4 is 5.97 Å². The van der Waals surface area contributed by atoms with Gasteiger partial charge in [-0.1, -0.05) is 309 Å². The van der Waals surface area contributed by atoms with Gasteiger partial charge in [0.1, 0.15) is 0 Å². The van der Waals surface area contributed by atoms with Crippen LogP contribution in [0.4, 0.5) is 0 Å². The first kappa shape index (κ1) is 54.5. The zero-order chi connectivity index (χ0) is 39.6. The summed E-state index contributed by atoms with van der Waals surface area (Å²) in [6.07, 6.45) is 68.3. The van der Waals surface area contributed by atoms with Crippen LogP contribution < -0.4 is 0 Å². The van der Waals surface area contributed by atoms with Crippen molar-refractivity contribution in [2.24, 2.45) is 0 Å². The lowest BCUT2D eigenvalue weighted by atomic mass is 10.0. The van der Waals surface area contributed by atoms with Crippen LogP contribution in [0, 0.1) is 0 Å². The van der Waals surface area contributed by atoms with Crippen LogP contribution in [0.3, 0.4) is 0 Å². The highest BCUT2D eigenvalue weighted by atomic mass is 16.5. The van der Waals surface area contributed by atoms with E-state index in [0.29, 0.717) is 13.0 Å². The van der Waals surface area contributed by atoms with E-state index in [-0.39, 0.29) is 5.97 Å². The number of hydrogen-bond donors (Lipinski definition) is 0. The van der Waals surface area contributed by atoms with Gasteiger partial charge in [-0.3, -0.25) is 4.79 Å². The van der Waals surface area contributed by atoms with Crippen molar-refractivity contribution in [3.63, 3.8) is 0 Å². The minimum atomic E-state index is 0.0344. The number of carbonyl (C=O) groups excluding carboxylic acids is 1. The molecule has 2 heteroatoms. The molecular formula is C53H106O2. The zero-order valence-electron chi connectivity index (χ0n) is 38.7. The third-order valence-electron chi connectivity index (χ3n) is 12.5. The van der Waals surface area contributed by atoms with Gasteiger partial charge in [0, 0.05) is 6.42 Å². The van der Waals surface area contributed by atoms with Crippen LogP contribution in [0.15, 0.2) is 0 Å². The van der Waals surface area contributed by atoms with E-state index in [9.17, 15) is 4.79 Å². The van der Waals surface area contributed by atoms with Crippen molar-refractivity contribution in [2.45, 2.75) is 328 Å². The molecular weight excluding hydrogens is 669 g/mol. The second kappa shape index (κ2) is 51.5. The Bertz CT molecular complexity index is 673. The summed E-state index contributed by atoms with van der Waals surface area (Å²) in [6.45, 7) is 5.24. The Labute approximate surface area is 349 Å². The molecule has 0 spiro atoms. The fourth-order valence-electron chi connectivity index (χ4n) is 8.55. The topological polar surface area (TPSA) is 26.3 Å². The third-order valence-corrected chi connectivity index (χ3v) is 12.5. The molecule has 0 rings (SSSR count). The molecule has 0 fully saturated rings. The highest BCUT2D eigenvalue weighted by Crippen LogP contribution is 2.18. The average Bonchev–Trinajstić information content (AvgIpc) is 3.19. The Morgan fingerprint density at radius 3 is 0.600 bits per heavy atom. The molecule has 0 radical (unpaired) electrons. The summed E-state index contributed by atoms with van der Waals surface area (Å²) < 4.78 is 5.50. The van der Waals surface area contributed by atoms with Gasteiger partial charge in [-0.15, -0.1) is 0 Å². The van der Waals surface area contributed by atoms with Gasteiger partial charge in [0.05, 0.1) is 6.61 Å². The van der Waals surface area contributed by atoms with Crippen molar-refractivity contribution in [1.29, 1.82) is 0 Å². The van der Waals surface area contributed by atoms with E-state index in [4.69, 9.17) is 4.74 Å². The van der Waals surface area contributed by atoms with Gasteiger partial charge in [0.25, 0.3) is 0 Å². The summed E-state index contributed by atoms with van der Waals surface area (Å²) in [5, 5.41) is 0. The van der Waals surface area contributed by atoms with Crippen LogP contribution in [-0.4, -0.2) is 12.6 Å². The Morgan fingerprint density at radius 2 is 0.400 bits per heavy atom. The lowest BCUT2D eigenvalue weighted by Gasteiger charge is -2.06. The molecule has 0 aliphatic heterocycles. The first-order valence-corrected chi connectivity index (χ1v) is 26.5. The van der Waals surface area contributed by atoms with Crippen molar-refractivity contribution in [3.05, 3.63) is 0 Å². The molecule has 0 saturated carbocycles. The lowest BCUT2D eigenvalue weighted by molar-refractivity contribution is -0.143. The molecule has 0 aromatic rings. The Kier molecular flexibility index (Phi) is 51.0. The van der Waals surface area contributed by atoms with Gasteiger partial charge in [-0.05, 0) is 12.8 Å². The van der Waals surface area contributed by atoms with Crippen LogP contribution in [0.5, 0.6) is 0 Å². The van der Waals surface area contributed by atoms with Gasteiger partial charge in [0.15, 0.2) is 0 Å². The first-order chi connectivity index (χ1) is 27.3. The van der Waals surface area contributed by atoms with Gasteiger partial charge < -0.3 is 4.74 Å². The molecule has 55 heavy (non-hydrogen) atoms. The Balaban J connectivity index is 3.13. The summed E-state index contributed by atoms with van der Waals surface area (Å²) in [4.78, 5) is 12.1. The minimum Gasteiger partial charge on any atom is -0.466 e. The summed E-state index contributed by atoms with van der Waals surface area (Å²) >= 11 is 0. The SMILES string of the molecule is CCCCCCCCCCCCCCCCCCCCCCCCCCCCCCCCC(=O)OCCCCCCCCCCCCCCCCCCCC. The number of esters is 1. The average molecular weight is 775 g/mol. The van der Waals surface area contributed by atoms with E-state index < -0.39 is 0 Å². The molecule has 0 bridgehead atoms. The fraction of sp³-hybridized carbons (Fsp3) is 0.981. The normalized spacial score (nSPS) is 11.5. The summed E-state index contributed by atoms with van der Waals surface area (Å²) in [7, 11) is 0. The summed E-state index contributed by atoms with van der Waals surface area (Å²) in [5.41, 5.74) is 0. The number of rotatable bonds is 50. The summed E-state index contributed by atoms with van der Waals surface area (Å²) in [6, 6.07) is 0. The molecule has 0 amide bonds. The monoisotopic (exact) mass is 775 g/mol. The van der Waals surface area contributed by atoms with E-state index in [1.807, 2.05) is 0 Å². The molecule has 0 unspecified atom stereocenters. The molecule has 0 aliphatic carbocycles. The van der Waals surface area contributed by atoms with Crippen molar-refractivity contribution in [2.75, 3.05) is 6.61 Å². The standard InChI is InChI=1S/C53H106O2/c1-3-5-7-9-11-13-15-17-19-21-23-24-25-26-27-28-29-30-31-32-33-34-35-37-39-41-43-45-47-49-51-53(54)55-52-50-48-46-44-42-40-38-36-22-20-18-16-14-12-10-8-6-4-2/h3-52H2,1-2H3. The second-order valence-corrected chi connectivity index (χ2v) is 18.2. The molecule has 0 aliphatic rings. The van der Waals surface area contributed by atoms with E-state index in [0.717, 1.165) is 12.8 Å².